The standard InChI is InChI=1S/C16H15FN2O4S/c1-10-7-11(3-5-13(10)17)18-24(21,22)12-4-6-15-14(8-12)19(2)9-16(20)23-15/h3-8,18H,9H2,1-2H3. The van der Waals surface area contributed by atoms with Crippen molar-refractivity contribution in [3.8, 4) is 5.75 Å². The van der Waals surface area contributed by atoms with E-state index in [-0.39, 0.29) is 17.1 Å². The SMILES string of the molecule is Cc1cc(NS(=O)(=O)c2ccc3c(c2)N(C)CC(=O)O3)ccc1F. The van der Waals surface area contributed by atoms with Gasteiger partial charge < -0.3 is 9.64 Å². The second-order valence-electron chi connectivity index (χ2n) is 5.53. The van der Waals surface area contributed by atoms with Crippen LogP contribution in [0.15, 0.2) is 41.3 Å². The highest BCUT2D eigenvalue weighted by atomic mass is 32.2. The summed E-state index contributed by atoms with van der Waals surface area (Å²) in [6, 6.07) is 8.19. The molecule has 3 rings (SSSR count). The van der Waals surface area contributed by atoms with E-state index < -0.39 is 21.8 Å². The molecular formula is C16H15FN2O4S. The second kappa shape index (κ2) is 5.79. The molecule has 0 saturated heterocycles. The predicted octanol–water partition coefficient (Wildman–Crippen LogP) is 2.29. The Balaban J connectivity index is 1.94. The maximum absolute atomic E-state index is 13.3. The van der Waals surface area contributed by atoms with Gasteiger partial charge in [0.15, 0.2) is 5.75 Å². The number of nitrogens with one attached hydrogen (secondary N) is 1. The molecule has 1 aliphatic heterocycles. The lowest BCUT2D eigenvalue weighted by Crippen LogP contribution is -2.33. The number of likely N-dealkylation sites (N-methyl/N-ethyl adjacent to an activating group) is 1. The van der Waals surface area contributed by atoms with Crippen molar-refractivity contribution in [2.75, 3.05) is 23.2 Å². The Morgan fingerprint density at radius 2 is 1.96 bits per heavy atom. The first-order valence-corrected chi connectivity index (χ1v) is 8.59. The number of halogens is 1. The van der Waals surface area contributed by atoms with Crippen LogP contribution in [0.4, 0.5) is 15.8 Å². The Morgan fingerprint density at radius 1 is 1.21 bits per heavy atom. The predicted molar refractivity (Wildman–Crippen MR) is 87.3 cm³/mol. The highest BCUT2D eigenvalue weighted by Gasteiger charge is 2.24. The van der Waals surface area contributed by atoms with E-state index in [4.69, 9.17) is 4.74 Å². The zero-order chi connectivity index (χ0) is 17.5. The first-order valence-electron chi connectivity index (χ1n) is 7.11. The number of anilines is 2. The van der Waals surface area contributed by atoms with E-state index in [9.17, 15) is 17.6 Å². The summed E-state index contributed by atoms with van der Waals surface area (Å²) in [7, 11) is -2.18. The number of esters is 1. The number of nitrogens with zero attached hydrogens (tertiary/aromatic N) is 1. The number of sulfonamides is 1. The van der Waals surface area contributed by atoms with Gasteiger partial charge in [-0.3, -0.25) is 4.72 Å². The molecule has 0 spiro atoms. The number of hydrogen-bond donors (Lipinski definition) is 1. The van der Waals surface area contributed by atoms with Crippen molar-refractivity contribution in [3.63, 3.8) is 0 Å². The number of aryl methyl sites for hydroxylation is 1. The third-order valence-corrected chi connectivity index (χ3v) is 5.03. The lowest BCUT2D eigenvalue weighted by molar-refractivity contribution is -0.133. The average Bonchev–Trinajstić information content (AvgIpc) is 2.50. The normalized spacial score (nSPS) is 14.1. The molecule has 1 aliphatic rings. The van der Waals surface area contributed by atoms with Crippen LogP contribution in [0.2, 0.25) is 0 Å². The van der Waals surface area contributed by atoms with Crippen molar-refractivity contribution < 1.29 is 22.3 Å². The van der Waals surface area contributed by atoms with Gasteiger partial charge in [-0.1, -0.05) is 0 Å². The van der Waals surface area contributed by atoms with Crippen molar-refractivity contribution >= 4 is 27.4 Å². The van der Waals surface area contributed by atoms with Gasteiger partial charge in [-0.15, -0.1) is 0 Å². The van der Waals surface area contributed by atoms with Gasteiger partial charge in [0.2, 0.25) is 0 Å². The molecule has 0 bridgehead atoms. The molecule has 0 amide bonds. The maximum Gasteiger partial charge on any atom is 0.330 e. The molecule has 8 heteroatoms. The Morgan fingerprint density at radius 3 is 2.67 bits per heavy atom. The van der Waals surface area contributed by atoms with E-state index in [1.54, 1.807) is 18.9 Å². The number of benzene rings is 2. The van der Waals surface area contributed by atoms with Crippen molar-refractivity contribution in [1.29, 1.82) is 0 Å². The van der Waals surface area contributed by atoms with Crippen LogP contribution in [-0.2, 0) is 14.8 Å². The number of carbonyl (C=O) groups is 1. The van der Waals surface area contributed by atoms with Gasteiger partial charge in [0, 0.05) is 12.7 Å². The lowest BCUT2D eigenvalue weighted by atomic mass is 10.2. The van der Waals surface area contributed by atoms with Crippen LogP contribution in [-0.4, -0.2) is 28.0 Å². The summed E-state index contributed by atoms with van der Waals surface area (Å²) in [5.74, 6) is -0.499. The maximum atomic E-state index is 13.3. The Labute approximate surface area is 138 Å². The van der Waals surface area contributed by atoms with E-state index in [0.717, 1.165) is 0 Å². The fourth-order valence-corrected chi connectivity index (χ4v) is 3.47. The van der Waals surface area contributed by atoms with E-state index in [2.05, 4.69) is 4.72 Å². The molecule has 0 atom stereocenters. The van der Waals surface area contributed by atoms with Gasteiger partial charge in [0.25, 0.3) is 10.0 Å². The molecule has 1 heterocycles. The molecule has 2 aromatic carbocycles. The summed E-state index contributed by atoms with van der Waals surface area (Å²) < 4.78 is 45.8. The zero-order valence-electron chi connectivity index (χ0n) is 13.0. The first-order chi connectivity index (χ1) is 11.3. The van der Waals surface area contributed by atoms with Crippen molar-refractivity contribution in [1.82, 2.24) is 0 Å². The van der Waals surface area contributed by atoms with Gasteiger partial charge in [0.1, 0.15) is 12.4 Å². The third kappa shape index (κ3) is 3.05. The molecule has 0 radical (unpaired) electrons. The van der Waals surface area contributed by atoms with E-state index in [1.807, 2.05) is 0 Å². The summed E-state index contributed by atoms with van der Waals surface area (Å²) in [5, 5.41) is 0. The van der Waals surface area contributed by atoms with Gasteiger partial charge in [-0.2, -0.15) is 0 Å². The smallest absolute Gasteiger partial charge is 0.330 e. The van der Waals surface area contributed by atoms with Crippen molar-refractivity contribution in [2.24, 2.45) is 0 Å². The molecule has 24 heavy (non-hydrogen) atoms. The highest BCUT2D eigenvalue weighted by Crippen LogP contribution is 2.33. The lowest BCUT2D eigenvalue weighted by Gasteiger charge is -2.26. The number of rotatable bonds is 3. The summed E-state index contributed by atoms with van der Waals surface area (Å²) >= 11 is 0. The number of carbonyl (C=O) groups excluding carboxylic acids is 1. The van der Waals surface area contributed by atoms with Crippen LogP contribution in [0.1, 0.15) is 5.56 Å². The monoisotopic (exact) mass is 350 g/mol. The van der Waals surface area contributed by atoms with Crippen molar-refractivity contribution in [3.05, 3.63) is 47.8 Å². The molecule has 126 valence electrons. The molecule has 0 aliphatic carbocycles. The average molecular weight is 350 g/mol. The van der Waals surface area contributed by atoms with Gasteiger partial charge >= 0.3 is 5.97 Å². The highest BCUT2D eigenvalue weighted by molar-refractivity contribution is 7.92. The van der Waals surface area contributed by atoms with Crippen molar-refractivity contribution in [2.45, 2.75) is 11.8 Å². The Kier molecular flexibility index (Phi) is 3.92. The molecule has 0 unspecified atom stereocenters. The summed E-state index contributed by atoms with van der Waals surface area (Å²) in [5.41, 5.74) is 1.12. The minimum Gasteiger partial charge on any atom is -0.423 e. The van der Waals surface area contributed by atoms with Crippen LogP contribution in [0.5, 0.6) is 5.75 Å². The van der Waals surface area contributed by atoms with Gasteiger partial charge in [-0.25, -0.2) is 17.6 Å². The zero-order valence-corrected chi connectivity index (χ0v) is 13.9. The van der Waals surface area contributed by atoms with Gasteiger partial charge in [-0.05, 0) is 48.9 Å². The van der Waals surface area contributed by atoms with Crippen LogP contribution in [0.25, 0.3) is 0 Å². The van der Waals surface area contributed by atoms with Crippen LogP contribution >= 0.6 is 0 Å². The van der Waals surface area contributed by atoms with E-state index >= 15 is 0 Å². The van der Waals surface area contributed by atoms with E-state index in [0.29, 0.717) is 17.0 Å². The largest absolute Gasteiger partial charge is 0.423 e. The summed E-state index contributed by atoms with van der Waals surface area (Å²) in [6.07, 6.45) is 0. The van der Waals surface area contributed by atoms with Crippen LogP contribution < -0.4 is 14.4 Å². The fourth-order valence-electron chi connectivity index (χ4n) is 2.40. The number of ether oxygens (including phenoxy) is 1. The molecule has 6 nitrogen and oxygen atoms in total. The number of fused-ring (bicyclic) bond motifs is 1. The topological polar surface area (TPSA) is 75.7 Å². The van der Waals surface area contributed by atoms with Gasteiger partial charge in [0.05, 0.1) is 10.6 Å². The fraction of sp³-hybridized carbons (Fsp3) is 0.188. The molecule has 1 N–H and O–H groups in total. The molecule has 0 aromatic heterocycles. The first kappa shape index (κ1) is 16.3. The Bertz CT molecular complexity index is 928. The Hall–Kier alpha value is -2.61. The summed E-state index contributed by atoms with van der Waals surface area (Å²) in [4.78, 5) is 13.0. The summed E-state index contributed by atoms with van der Waals surface area (Å²) in [6.45, 7) is 1.59. The molecule has 0 saturated carbocycles. The third-order valence-electron chi connectivity index (χ3n) is 3.65. The van der Waals surface area contributed by atoms with E-state index in [1.165, 1.54) is 36.4 Å². The molecule has 2 aromatic rings. The van der Waals surface area contributed by atoms with Crippen LogP contribution in [0.3, 0.4) is 0 Å². The number of hydrogen-bond acceptors (Lipinski definition) is 5. The minimum absolute atomic E-state index is 0.0213. The molecular weight excluding hydrogens is 335 g/mol. The quantitative estimate of drug-likeness (QED) is 0.679. The second-order valence-corrected chi connectivity index (χ2v) is 7.21. The minimum atomic E-state index is -3.85. The molecule has 0 fully saturated rings. The van der Waals surface area contributed by atoms with Crippen LogP contribution in [0, 0.1) is 12.7 Å².